The Hall–Kier alpha value is -1.76. The first-order valence-electron chi connectivity index (χ1n) is 7.38. The van der Waals surface area contributed by atoms with Crippen molar-refractivity contribution in [3.8, 4) is 0 Å². The highest BCUT2D eigenvalue weighted by Crippen LogP contribution is 2.28. The maximum absolute atomic E-state index is 13.1. The molecule has 0 fully saturated rings. The zero-order valence-electron chi connectivity index (χ0n) is 13.3. The minimum Gasteiger partial charge on any atom is -0.382 e. The third-order valence-electron chi connectivity index (χ3n) is 3.34. The number of carbonyl (C=O) groups is 1. The minimum atomic E-state index is -0.535. The fourth-order valence-corrected chi connectivity index (χ4v) is 2.68. The van der Waals surface area contributed by atoms with Crippen LogP contribution < -0.4 is 10.6 Å². The van der Waals surface area contributed by atoms with Crippen molar-refractivity contribution in [3.63, 3.8) is 0 Å². The van der Waals surface area contributed by atoms with Gasteiger partial charge in [0.25, 0.3) is 0 Å². The molecule has 9 heteroatoms. The molecule has 25 heavy (non-hydrogen) atoms. The Bertz CT molecular complexity index is 740. The summed E-state index contributed by atoms with van der Waals surface area (Å²) in [6.45, 7) is 1.07. The molecule has 0 aliphatic rings. The average molecular weight is 406 g/mol. The molecule has 2 aromatic rings. The van der Waals surface area contributed by atoms with Gasteiger partial charge in [0.05, 0.1) is 20.8 Å². The Kier molecular flexibility index (Phi) is 7.11. The molecule has 1 aromatic heterocycles. The summed E-state index contributed by atoms with van der Waals surface area (Å²) in [6.07, 6.45) is 3.68. The lowest BCUT2D eigenvalue weighted by Crippen LogP contribution is -2.32. The molecular formula is C16H16Cl3FN4O. The number of carbonyl (C=O) groups excluding carboxylic acids is 1. The monoisotopic (exact) mass is 404 g/mol. The molecule has 0 bridgehead atoms. The highest BCUT2D eigenvalue weighted by Gasteiger charge is 2.10. The SMILES string of the molecule is CN(CCCNc1c(Cl)cncc1Cl)C(=O)Nc1ccc(F)c(Cl)c1. The number of aromatic nitrogens is 1. The fraction of sp³-hybridized carbons (Fsp3) is 0.250. The van der Waals surface area contributed by atoms with E-state index in [4.69, 9.17) is 34.8 Å². The van der Waals surface area contributed by atoms with Crippen LogP contribution in [0.3, 0.4) is 0 Å². The summed E-state index contributed by atoms with van der Waals surface area (Å²) in [7, 11) is 1.66. The maximum Gasteiger partial charge on any atom is 0.321 e. The van der Waals surface area contributed by atoms with E-state index in [-0.39, 0.29) is 11.1 Å². The highest BCUT2D eigenvalue weighted by molar-refractivity contribution is 6.38. The molecule has 0 radical (unpaired) electrons. The van der Waals surface area contributed by atoms with Crippen molar-refractivity contribution in [1.82, 2.24) is 9.88 Å². The van der Waals surface area contributed by atoms with E-state index in [1.54, 1.807) is 7.05 Å². The Morgan fingerprint density at radius 1 is 1.20 bits per heavy atom. The predicted octanol–water partition coefficient (Wildman–Crippen LogP) is 5.15. The van der Waals surface area contributed by atoms with Gasteiger partial charge in [-0.05, 0) is 24.6 Å². The molecule has 2 N–H and O–H groups in total. The molecule has 0 saturated carbocycles. The van der Waals surface area contributed by atoms with Crippen LogP contribution in [-0.2, 0) is 0 Å². The number of nitrogens with one attached hydrogen (secondary N) is 2. The second-order valence-corrected chi connectivity index (χ2v) is 6.46. The molecule has 0 aliphatic carbocycles. The van der Waals surface area contributed by atoms with Gasteiger partial charge in [0.1, 0.15) is 5.82 Å². The smallest absolute Gasteiger partial charge is 0.321 e. The van der Waals surface area contributed by atoms with Crippen molar-refractivity contribution in [1.29, 1.82) is 0 Å². The number of anilines is 2. The van der Waals surface area contributed by atoms with Crippen LogP contribution in [-0.4, -0.2) is 36.1 Å². The lowest BCUT2D eigenvalue weighted by atomic mass is 10.3. The fourth-order valence-electron chi connectivity index (χ4n) is 2.00. The van der Waals surface area contributed by atoms with Crippen molar-refractivity contribution < 1.29 is 9.18 Å². The first-order valence-corrected chi connectivity index (χ1v) is 8.52. The van der Waals surface area contributed by atoms with Gasteiger partial charge in [-0.25, -0.2) is 9.18 Å². The molecule has 1 aromatic carbocycles. The first kappa shape index (κ1) is 19.6. The van der Waals surface area contributed by atoms with Crippen LogP contribution >= 0.6 is 34.8 Å². The van der Waals surface area contributed by atoms with Gasteiger partial charge in [0.2, 0.25) is 0 Å². The number of hydrogen-bond donors (Lipinski definition) is 2. The summed E-state index contributed by atoms with van der Waals surface area (Å²) in [4.78, 5) is 17.5. The second-order valence-electron chi connectivity index (χ2n) is 5.24. The van der Waals surface area contributed by atoms with Gasteiger partial charge in [-0.1, -0.05) is 34.8 Å². The van der Waals surface area contributed by atoms with Crippen molar-refractivity contribution in [2.75, 3.05) is 30.8 Å². The molecular weight excluding hydrogens is 390 g/mol. The van der Waals surface area contributed by atoms with Gasteiger partial charge in [-0.2, -0.15) is 0 Å². The number of urea groups is 1. The molecule has 5 nitrogen and oxygen atoms in total. The summed E-state index contributed by atoms with van der Waals surface area (Å²) in [5, 5.41) is 6.60. The zero-order chi connectivity index (χ0) is 18.4. The van der Waals surface area contributed by atoms with Gasteiger partial charge in [0, 0.05) is 38.2 Å². The molecule has 2 amide bonds. The number of pyridine rings is 1. The number of amides is 2. The summed E-state index contributed by atoms with van der Waals surface area (Å²) in [5.41, 5.74) is 1.04. The van der Waals surface area contributed by atoms with E-state index in [0.29, 0.717) is 40.9 Å². The first-order chi connectivity index (χ1) is 11.9. The van der Waals surface area contributed by atoms with Crippen LogP contribution in [0.25, 0.3) is 0 Å². The predicted molar refractivity (Wildman–Crippen MR) is 100 cm³/mol. The van der Waals surface area contributed by atoms with E-state index in [9.17, 15) is 9.18 Å². The Morgan fingerprint density at radius 2 is 1.88 bits per heavy atom. The zero-order valence-corrected chi connectivity index (χ0v) is 15.6. The molecule has 1 heterocycles. The molecule has 2 rings (SSSR count). The molecule has 0 saturated heterocycles. The van der Waals surface area contributed by atoms with Gasteiger partial charge >= 0.3 is 6.03 Å². The van der Waals surface area contributed by atoms with Gasteiger partial charge < -0.3 is 15.5 Å². The van der Waals surface area contributed by atoms with Crippen LogP contribution in [0.4, 0.5) is 20.6 Å². The summed E-state index contributed by atoms with van der Waals surface area (Å²) >= 11 is 17.7. The Balaban J connectivity index is 1.78. The van der Waals surface area contributed by atoms with Crippen molar-refractivity contribution >= 4 is 52.2 Å². The lowest BCUT2D eigenvalue weighted by molar-refractivity contribution is 0.222. The molecule has 0 unspecified atom stereocenters. The van der Waals surface area contributed by atoms with Gasteiger partial charge in [-0.15, -0.1) is 0 Å². The van der Waals surface area contributed by atoms with Crippen LogP contribution in [0.15, 0.2) is 30.6 Å². The number of benzene rings is 1. The van der Waals surface area contributed by atoms with Gasteiger partial charge in [-0.3, -0.25) is 4.98 Å². The highest BCUT2D eigenvalue weighted by atomic mass is 35.5. The topological polar surface area (TPSA) is 57.3 Å². The van der Waals surface area contributed by atoms with Crippen LogP contribution in [0.2, 0.25) is 15.1 Å². The standard InChI is InChI=1S/C16H16Cl3FN4O/c1-24(16(25)23-10-3-4-14(20)11(17)7-10)6-2-5-22-15-12(18)8-21-9-13(15)19/h3-4,7-9H,2,5-6H2,1H3,(H,21,22)(H,23,25). The molecule has 134 valence electrons. The molecule has 0 atom stereocenters. The van der Waals surface area contributed by atoms with E-state index < -0.39 is 5.82 Å². The Labute approximate surface area is 160 Å². The quantitative estimate of drug-likeness (QED) is 0.654. The van der Waals surface area contributed by atoms with E-state index in [1.165, 1.54) is 35.5 Å². The van der Waals surface area contributed by atoms with Crippen LogP contribution in [0.1, 0.15) is 6.42 Å². The summed E-state index contributed by atoms with van der Waals surface area (Å²) < 4.78 is 13.1. The number of hydrogen-bond acceptors (Lipinski definition) is 3. The van der Waals surface area contributed by atoms with E-state index in [0.717, 1.165) is 0 Å². The van der Waals surface area contributed by atoms with Crippen molar-refractivity contribution in [2.24, 2.45) is 0 Å². The van der Waals surface area contributed by atoms with Crippen molar-refractivity contribution in [3.05, 3.63) is 51.5 Å². The Morgan fingerprint density at radius 3 is 2.52 bits per heavy atom. The third-order valence-corrected chi connectivity index (χ3v) is 4.21. The molecule has 0 spiro atoms. The third kappa shape index (κ3) is 5.63. The number of rotatable bonds is 6. The van der Waals surface area contributed by atoms with Crippen LogP contribution in [0.5, 0.6) is 0 Å². The maximum atomic E-state index is 13.1. The molecule has 0 aliphatic heterocycles. The summed E-state index contributed by atoms with van der Waals surface area (Å²) in [6, 6.07) is 3.69. The largest absolute Gasteiger partial charge is 0.382 e. The van der Waals surface area contributed by atoms with E-state index >= 15 is 0 Å². The number of halogens is 4. The average Bonchev–Trinajstić information content (AvgIpc) is 2.56. The second kappa shape index (κ2) is 9.08. The van der Waals surface area contributed by atoms with E-state index in [2.05, 4.69) is 15.6 Å². The number of nitrogens with zero attached hydrogens (tertiary/aromatic N) is 2. The van der Waals surface area contributed by atoms with Gasteiger partial charge in [0.15, 0.2) is 0 Å². The summed E-state index contributed by atoms with van der Waals surface area (Å²) in [5.74, 6) is -0.535. The lowest BCUT2D eigenvalue weighted by Gasteiger charge is -2.18. The minimum absolute atomic E-state index is 0.0456. The normalized spacial score (nSPS) is 10.4. The van der Waals surface area contributed by atoms with E-state index in [1.807, 2.05) is 0 Å². The van der Waals surface area contributed by atoms with Crippen LogP contribution in [0, 0.1) is 5.82 Å². The van der Waals surface area contributed by atoms with Crippen molar-refractivity contribution in [2.45, 2.75) is 6.42 Å².